The van der Waals surface area contributed by atoms with Gasteiger partial charge < -0.3 is 10.1 Å². The maximum atomic E-state index is 9.86. The minimum atomic E-state index is 0.337. The predicted molar refractivity (Wildman–Crippen MR) is 127 cm³/mol. The molecule has 158 valence electrons. The molecule has 4 nitrogen and oxygen atoms in total. The van der Waals surface area contributed by atoms with Gasteiger partial charge in [0.25, 0.3) is 0 Å². The molecule has 0 radical (unpaired) electrons. The Hall–Kier alpha value is -3.06. The van der Waals surface area contributed by atoms with Crippen LogP contribution in [0.25, 0.3) is 0 Å². The van der Waals surface area contributed by atoms with Crippen molar-refractivity contribution < 1.29 is 4.74 Å². The minimum absolute atomic E-state index is 0.337. The number of ether oxygens (including phenoxy) is 1. The van der Waals surface area contributed by atoms with E-state index in [0.717, 1.165) is 22.5 Å². The van der Waals surface area contributed by atoms with Gasteiger partial charge in [0.1, 0.15) is 11.6 Å². The first-order valence-electron chi connectivity index (χ1n) is 10.6. The van der Waals surface area contributed by atoms with Gasteiger partial charge in [0, 0.05) is 5.69 Å². The van der Waals surface area contributed by atoms with Gasteiger partial charge in [0.05, 0.1) is 18.5 Å². The van der Waals surface area contributed by atoms with Crippen molar-refractivity contribution >= 4 is 17.6 Å². The molecule has 0 aliphatic carbocycles. The molecule has 0 heterocycles. The number of aryl methyl sites for hydroxylation is 2. The molecule has 1 N–H and O–H groups in total. The molecule has 0 fully saturated rings. The number of nitriles is 1. The lowest BCUT2D eigenvalue weighted by atomic mass is 9.93. The molecule has 4 heteroatoms. The lowest BCUT2D eigenvalue weighted by Crippen LogP contribution is -2.10. The number of aliphatic imine (C=N–C) groups is 1. The van der Waals surface area contributed by atoms with E-state index in [4.69, 9.17) is 9.73 Å². The molecule has 0 bridgehead atoms. The zero-order valence-electron chi connectivity index (χ0n) is 19.2. The van der Waals surface area contributed by atoms with Gasteiger partial charge in [-0.25, -0.2) is 0 Å². The van der Waals surface area contributed by atoms with Crippen LogP contribution in [0.5, 0.6) is 0 Å². The molecule has 0 atom stereocenters. The third-order valence-electron chi connectivity index (χ3n) is 5.04. The second-order valence-corrected chi connectivity index (χ2v) is 8.03. The standard InChI is InChI=1S/C26H33N3O/c1-8-30-26(29-24-19(6)11-9-12-20(24)7)21(15-27)16-28-25-22(17(2)3)13-10-14-23(25)18(4)5/h9-14,16-18,29H,8H2,1-7H3/b26-21-,28-16?. The van der Waals surface area contributed by atoms with Crippen LogP contribution in [-0.4, -0.2) is 12.8 Å². The van der Waals surface area contributed by atoms with E-state index in [9.17, 15) is 5.26 Å². The van der Waals surface area contributed by atoms with Gasteiger partial charge in [-0.2, -0.15) is 5.26 Å². The zero-order chi connectivity index (χ0) is 22.3. The van der Waals surface area contributed by atoms with Gasteiger partial charge in [0.15, 0.2) is 0 Å². The number of nitrogens with one attached hydrogen (secondary N) is 1. The quantitative estimate of drug-likeness (QED) is 0.289. The zero-order valence-corrected chi connectivity index (χ0v) is 19.2. The molecule has 0 unspecified atom stereocenters. The fourth-order valence-electron chi connectivity index (χ4n) is 3.38. The molecule has 0 saturated carbocycles. The SMILES string of the molecule is CCO/C(Nc1c(C)cccc1C)=C(/C#N)C=Nc1c(C(C)C)cccc1C(C)C. The molecule has 0 aromatic heterocycles. The highest BCUT2D eigenvalue weighted by Gasteiger charge is 2.14. The normalized spacial score (nSPS) is 12.3. The van der Waals surface area contributed by atoms with E-state index in [2.05, 4.69) is 57.3 Å². The summed E-state index contributed by atoms with van der Waals surface area (Å²) in [5.41, 5.74) is 6.80. The van der Waals surface area contributed by atoms with Crippen LogP contribution in [0.2, 0.25) is 0 Å². The summed E-state index contributed by atoms with van der Waals surface area (Å²) in [6.45, 7) is 15.1. The van der Waals surface area contributed by atoms with Crippen LogP contribution in [0.4, 0.5) is 11.4 Å². The summed E-state index contributed by atoms with van der Waals surface area (Å²) in [5, 5.41) is 13.2. The first kappa shape index (κ1) is 23.2. The van der Waals surface area contributed by atoms with Crippen LogP contribution >= 0.6 is 0 Å². The van der Waals surface area contributed by atoms with Gasteiger partial charge in [-0.3, -0.25) is 4.99 Å². The first-order valence-corrected chi connectivity index (χ1v) is 10.6. The molecule has 2 aromatic rings. The Kier molecular flexibility index (Phi) is 8.24. The van der Waals surface area contributed by atoms with Crippen molar-refractivity contribution in [2.75, 3.05) is 11.9 Å². The summed E-state index contributed by atoms with van der Waals surface area (Å²) in [5.74, 6) is 1.10. The maximum Gasteiger partial charge on any atom is 0.211 e. The summed E-state index contributed by atoms with van der Waals surface area (Å²) in [7, 11) is 0. The number of nitrogens with zero attached hydrogens (tertiary/aromatic N) is 2. The van der Waals surface area contributed by atoms with E-state index in [1.165, 1.54) is 11.1 Å². The molecule has 2 rings (SSSR count). The molecule has 2 aromatic carbocycles. The fraction of sp³-hybridized carbons (Fsp3) is 0.385. The van der Waals surface area contributed by atoms with E-state index in [0.29, 0.717) is 29.9 Å². The number of hydrogen-bond donors (Lipinski definition) is 1. The molecule has 0 spiro atoms. The monoisotopic (exact) mass is 403 g/mol. The van der Waals surface area contributed by atoms with E-state index in [1.807, 2.05) is 39.0 Å². The number of allylic oxidation sites excluding steroid dienone is 1. The van der Waals surface area contributed by atoms with Gasteiger partial charge in [-0.15, -0.1) is 0 Å². The lowest BCUT2D eigenvalue weighted by molar-refractivity contribution is 0.234. The Bertz CT molecular complexity index is 932. The largest absolute Gasteiger partial charge is 0.478 e. The molecule has 0 amide bonds. The third kappa shape index (κ3) is 5.51. The summed E-state index contributed by atoms with van der Waals surface area (Å²) < 4.78 is 5.81. The van der Waals surface area contributed by atoms with Gasteiger partial charge in [-0.05, 0) is 54.9 Å². The van der Waals surface area contributed by atoms with Crippen LogP contribution in [0, 0.1) is 25.2 Å². The van der Waals surface area contributed by atoms with Crippen LogP contribution in [-0.2, 0) is 4.74 Å². The predicted octanol–water partition coefficient (Wildman–Crippen LogP) is 7.14. The molecule has 0 aliphatic rings. The summed E-state index contributed by atoms with van der Waals surface area (Å²) in [6.07, 6.45) is 1.62. The second-order valence-electron chi connectivity index (χ2n) is 8.03. The van der Waals surface area contributed by atoms with E-state index < -0.39 is 0 Å². The molecule has 0 aliphatic heterocycles. The van der Waals surface area contributed by atoms with Gasteiger partial charge >= 0.3 is 0 Å². The molecular formula is C26H33N3O. The Morgan fingerprint density at radius 3 is 2.03 bits per heavy atom. The Morgan fingerprint density at radius 1 is 1.03 bits per heavy atom. The van der Waals surface area contributed by atoms with Crippen LogP contribution < -0.4 is 5.32 Å². The van der Waals surface area contributed by atoms with Crippen molar-refractivity contribution in [1.29, 1.82) is 5.26 Å². The van der Waals surface area contributed by atoms with Crippen LogP contribution in [0.3, 0.4) is 0 Å². The Balaban J connectivity index is 2.55. The van der Waals surface area contributed by atoms with Crippen molar-refractivity contribution in [2.24, 2.45) is 4.99 Å². The molecule has 30 heavy (non-hydrogen) atoms. The van der Waals surface area contributed by atoms with Crippen molar-refractivity contribution in [1.82, 2.24) is 0 Å². The number of rotatable bonds is 8. The fourth-order valence-corrected chi connectivity index (χ4v) is 3.38. The maximum absolute atomic E-state index is 9.86. The highest BCUT2D eigenvalue weighted by Crippen LogP contribution is 2.34. The highest BCUT2D eigenvalue weighted by molar-refractivity contribution is 5.88. The third-order valence-corrected chi connectivity index (χ3v) is 5.04. The topological polar surface area (TPSA) is 57.4 Å². The van der Waals surface area contributed by atoms with Crippen molar-refractivity contribution in [3.63, 3.8) is 0 Å². The van der Waals surface area contributed by atoms with Gasteiger partial charge in [-0.1, -0.05) is 64.1 Å². The second kappa shape index (κ2) is 10.6. The average molecular weight is 404 g/mol. The Labute approximate surface area is 181 Å². The van der Waals surface area contributed by atoms with E-state index in [-0.39, 0.29) is 0 Å². The van der Waals surface area contributed by atoms with Crippen molar-refractivity contribution in [3.8, 4) is 6.07 Å². The van der Waals surface area contributed by atoms with E-state index >= 15 is 0 Å². The number of para-hydroxylation sites is 2. The summed E-state index contributed by atoms with van der Waals surface area (Å²) >= 11 is 0. The average Bonchev–Trinajstić information content (AvgIpc) is 2.70. The molecule has 0 saturated heterocycles. The van der Waals surface area contributed by atoms with Crippen molar-refractivity contribution in [3.05, 3.63) is 70.1 Å². The highest BCUT2D eigenvalue weighted by atomic mass is 16.5. The summed E-state index contributed by atoms with van der Waals surface area (Å²) in [4.78, 5) is 4.78. The first-order chi connectivity index (χ1) is 14.3. The van der Waals surface area contributed by atoms with Crippen molar-refractivity contribution in [2.45, 2.75) is 60.3 Å². The summed E-state index contributed by atoms with van der Waals surface area (Å²) in [6, 6.07) is 14.6. The number of hydrogen-bond acceptors (Lipinski definition) is 4. The number of benzene rings is 2. The van der Waals surface area contributed by atoms with Crippen LogP contribution in [0.1, 0.15) is 68.7 Å². The van der Waals surface area contributed by atoms with Crippen LogP contribution in [0.15, 0.2) is 52.8 Å². The van der Waals surface area contributed by atoms with Gasteiger partial charge in [0.2, 0.25) is 5.88 Å². The smallest absolute Gasteiger partial charge is 0.211 e. The Morgan fingerprint density at radius 2 is 1.57 bits per heavy atom. The lowest BCUT2D eigenvalue weighted by Gasteiger charge is -2.17. The molecular weight excluding hydrogens is 370 g/mol. The minimum Gasteiger partial charge on any atom is -0.478 e. The number of anilines is 1. The van der Waals surface area contributed by atoms with E-state index in [1.54, 1.807) is 6.21 Å².